The SMILES string of the molecule is C=CCSc1nnc(NC(=O)Cc2n[nH]c(=O)c3ccccc23)s1. The largest absolute Gasteiger partial charge is 0.300 e. The van der Waals surface area contributed by atoms with Gasteiger partial charge in [0.15, 0.2) is 4.34 Å². The number of carbonyl (C=O) groups excluding carboxylic acids is 1. The molecule has 0 saturated carbocycles. The van der Waals surface area contributed by atoms with Crippen LogP contribution in [0.5, 0.6) is 0 Å². The molecule has 0 saturated heterocycles. The molecular weight excluding hydrogens is 346 g/mol. The molecule has 0 unspecified atom stereocenters. The fraction of sp³-hybridized carbons (Fsp3) is 0.133. The molecule has 7 nitrogen and oxygen atoms in total. The van der Waals surface area contributed by atoms with Crippen molar-refractivity contribution in [2.45, 2.75) is 10.8 Å². The molecule has 0 atom stereocenters. The van der Waals surface area contributed by atoms with E-state index in [1.54, 1.807) is 30.3 Å². The maximum atomic E-state index is 12.2. The van der Waals surface area contributed by atoms with E-state index in [9.17, 15) is 9.59 Å². The van der Waals surface area contributed by atoms with E-state index in [1.165, 1.54) is 23.1 Å². The number of thioether (sulfide) groups is 1. The second-order valence-electron chi connectivity index (χ2n) is 4.74. The van der Waals surface area contributed by atoms with E-state index in [1.807, 2.05) is 0 Å². The molecule has 0 radical (unpaired) electrons. The standard InChI is InChI=1S/C15H13N5O2S2/c1-2-7-23-15-20-19-14(24-15)16-12(21)8-11-9-5-3-4-6-10(9)13(22)18-17-11/h2-6H,1,7-8H2,(H,18,22)(H,16,19,21). The number of aromatic nitrogens is 4. The van der Waals surface area contributed by atoms with Crippen LogP contribution in [0.1, 0.15) is 5.69 Å². The summed E-state index contributed by atoms with van der Waals surface area (Å²) >= 11 is 2.80. The molecule has 9 heteroatoms. The van der Waals surface area contributed by atoms with Crippen LogP contribution in [0.25, 0.3) is 10.8 Å². The first kappa shape index (κ1) is 16.3. The van der Waals surface area contributed by atoms with Crippen LogP contribution < -0.4 is 10.9 Å². The van der Waals surface area contributed by atoms with Crippen LogP contribution in [-0.4, -0.2) is 32.1 Å². The zero-order valence-electron chi connectivity index (χ0n) is 12.5. The minimum absolute atomic E-state index is 0.0337. The number of aromatic amines is 1. The van der Waals surface area contributed by atoms with Gasteiger partial charge in [-0.1, -0.05) is 47.4 Å². The number of nitrogens with zero attached hydrogens (tertiary/aromatic N) is 3. The lowest BCUT2D eigenvalue weighted by molar-refractivity contribution is -0.115. The van der Waals surface area contributed by atoms with Crippen LogP contribution in [-0.2, 0) is 11.2 Å². The summed E-state index contributed by atoms with van der Waals surface area (Å²) in [7, 11) is 0. The van der Waals surface area contributed by atoms with Gasteiger partial charge in [0.25, 0.3) is 5.56 Å². The van der Waals surface area contributed by atoms with E-state index < -0.39 is 0 Å². The van der Waals surface area contributed by atoms with Crippen molar-refractivity contribution < 1.29 is 4.79 Å². The maximum absolute atomic E-state index is 12.2. The number of hydrogen-bond acceptors (Lipinski definition) is 7. The molecule has 3 aromatic rings. The predicted molar refractivity (Wildman–Crippen MR) is 95.5 cm³/mol. The number of benzene rings is 1. The van der Waals surface area contributed by atoms with Gasteiger partial charge in [-0.15, -0.1) is 16.8 Å². The number of anilines is 1. The molecule has 0 fully saturated rings. The Bertz CT molecular complexity index is 950. The molecule has 122 valence electrons. The number of nitrogens with one attached hydrogen (secondary N) is 2. The van der Waals surface area contributed by atoms with Crippen molar-refractivity contribution >= 4 is 44.9 Å². The molecule has 2 N–H and O–H groups in total. The van der Waals surface area contributed by atoms with E-state index in [4.69, 9.17) is 0 Å². The Morgan fingerprint density at radius 1 is 1.33 bits per heavy atom. The first-order valence-electron chi connectivity index (χ1n) is 7.00. The lowest BCUT2D eigenvalue weighted by atomic mass is 10.1. The minimum Gasteiger partial charge on any atom is -0.300 e. The Kier molecular flexibility index (Phi) is 5.02. The molecular formula is C15H13N5O2S2. The van der Waals surface area contributed by atoms with Gasteiger partial charge in [0.2, 0.25) is 11.0 Å². The first-order chi connectivity index (χ1) is 11.7. The normalized spacial score (nSPS) is 10.7. The number of H-pyrrole nitrogens is 1. The van der Waals surface area contributed by atoms with Gasteiger partial charge < -0.3 is 5.32 Å². The average Bonchev–Trinajstić information content (AvgIpc) is 3.03. The zero-order valence-corrected chi connectivity index (χ0v) is 14.1. The fourth-order valence-electron chi connectivity index (χ4n) is 2.07. The zero-order chi connectivity index (χ0) is 16.9. The summed E-state index contributed by atoms with van der Waals surface area (Å²) in [6.07, 6.45) is 1.81. The number of carbonyl (C=O) groups is 1. The van der Waals surface area contributed by atoms with Crippen molar-refractivity contribution in [1.29, 1.82) is 0 Å². The Morgan fingerprint density at radius 2 is 2.12 bits per heavy atom. The summed E-state index contributed by atoms with van der Waals surface area (Å²) in [6, 6.07) is 7.05. The second kappa shape index (κ2) is 7.37. The van der Waals surface area contributed by atoms with Crippen LogP contribution in [0.3, 0.4) is 0 Å². The average molecular weight is 359 g/mol. The van der Waals surface area contributed by atoms with E-state index >= 15 is 0 Å². The van der Waals surface area contributed by atoms with Crippen molar-refractivity contribution in [1.82, 2.24) is 20.4 Å². The maximum Gasteiger partial charge on any atom is 0.272 e. The highest BCUT2D eigenvalue weighted by atomic mass is 32.2. The molecule has 1 amide bonds. The van der Waals surface area contributed by atoms with Gasteiger partial charge in [-0.25, -0.2) is 5.10 Å². The number of rotatable bonds is 6. The van der Waals surface area contributed by atoms with Gasteiger partial charge >= 0.3 is 0 Å². The van der Waals surface area contributed by atoms with E-state index in [2.05, 4.69) is 32.3 Å². The van der Waals surface area contributed by atoms with Gasteiger partial charge in [0.1, 0.15) is 0 Å². The lowest BCUT2D eigenvalue weighted by Gasteiger charge is -2.04. The first-order valence-corrected chi connectivity index (χ1v) is 8.81. The van der Waals surface area contributed by atoms with Crippen LogP contribution in [0.2, 0.25) is 0 Å². The molecule has 0 spiro atoms. The van der Waals surface area contributed by atoms with Crippen LogP contribution in [0.4, 0.5) is 5.13 Å². The molecule has 0 aliphatic rings. The summed E-state index contributed by atoms with van der Waals surface area (Å²) < 4.78 is 0.762. The molecule has 0 aliphatic heterocycles. The smallest absolute Gasteiger partial charge is 0.272 e. The molecule has 2 aromatic heterocycles. The summed E-state index contributed by atoms with van der Waals surface area (Å²) in [6.45, 7) is 3.64. The topological polar surface area (TPSA) is 101 Å². The van der Waals surface area contributed by atoms with Crippen LogP contribution in [0, 0.1) is 0 Å². The monoisotopic (exact) mass is 359 g/mol. The Hall–Kier alpha value is -2.52. The van der Waals surface area contributed by atoms with E-state index in [0.717, 1.165) is 10.1 Å². The van der Waals surface area contributed by atoms with Crippen LogP contribution in [0.15, 0.2) is 46.1 Å². The molecule has 1 aromatic carbocycles. The van der Waals surface area contributed by atoms with Gasteiger partial charge in [-0.05, 0) is 6.07 Å². The number of fused-ring (bicyclic) bond motifs is 1. The lowest BCUT2D eigenvalue weighted by Crippen LogP contribution is -2.18. The molecule has 2 heterocycles. The predicted octanol–water partition coefficient (Wildman–Crippen LogP) is 2.23. The van der Waals surface area contributed by atoms with Gasteiger partial charge in [0, 0.05) is 11.1 Å². The highest BCUT2D eigenvalue weighted by Gasteiger charge is 2.13. The van der Waals surface area contributed by atoms with Crippen molar-refractivity contribution in [3.63, 3.8) is 0 Å². The van der Waals surface area contributed by atoms with E-state index in [-0.39, 0.29) is 17.9 Å². The number of hydrogen-bond donors (Lipinski definition) is 2. The van der Waals surface area contributed by atoms with Gasteiger partial charge in [-0.3, -0.25) is 9.59 Å². The highest BCUT2D eigenvalue weighted by Crippen LogP contribution is 2.25. The van der Waals surface area contributed by atoms with E-state index in [0.29, 0.717) is 21.6 Å². The minimum atomic E-state index is -0.275. The summed E-state index contributed by atoms with van der Waals surface area (Å²) in [4.78, 5) is 24.0. The fourth-order valence-corrected chi connectivity index (χ4v) is 3.60. The van der Waals surface area contributed by atoms with Gasteiger partial charge in [-0.2, -0.15) is 5.10 Å². The van der Waals surface area contributed by atoms with Crippen molar-refractivity contribution in [2.24, 2.45) is 0 Å². The third-order valence-corrected chi connectivity index (χ3v) is 5.05. The quantitative estimate of drug-likeness (QED) is 0.398. The molecule has 24 heavy (non-hydrogen) atoms. The second-order valence-corrected chi connectivity index (χ2v) is 6.99. The molecule has 0 aliphatic carbocycles. The Balaban J connectivity index is 1.73. The third kappa shape index (κ3) is 3.69. The number of amides is 1. The van der Waals surface area contributed by atoms with Gasteiger partial charge in [0.05, 0.1) is 17.5 Å². The van der Waals surface area contributed by atoms with Crippen molar-refractivity contribution in [3.8, 4) is 0 Å². The summed E-state index contributed by atoms with van der Waals surface area (Å²) in [5.41, 5.74) is 0.233. The Morgan fingerprint density at radius 3 is 2.92 bits per heavy atom. The highest BCUT2D eigenvalue weighted by molar-refractivity contribution is 8.01. The summed E-state index contributed by atoms with van der Waals surface area (Å²) in [5.74, 6) is 0.465. The third-order valence-electron chi connectivity index (χ3n) is 3.08. The Labute approximate surface area is 145 Å². The van der Waals surface area contributed by atoms with Crippen molar-refractivity contribution in [2.75, 3.05) is 11.1 Å². The summed E-state index contributed by atoms with van der Waals surface area (Å²) in [5, 5.41) is 18.6. The molecule has 3 rings (SSSR count). The van der Waals surface area contributed by atoms with Crippen molar-refractivity contribution in [3.05, 3.63) is 53.0 Å². The van der Waals surface area contributed by atoms with Crippen LogP contribution >= 0.6 is 23.1 Å². The molecule has 0 bridgehead atoms.